The molecule has 2 heterocycles. The number of hydrogen-bond donors (Lipinski definition) is 1. The molecule has 0 radical (unpaired) electrons. The van der Waals surface area contributed by atoms with E-state index >= 15 is 0 Å². The fourth-order valence-corrected chi connectivity index (χ4v) is 2.16. The Morgan fingerprint density at radius 2 is 2.00 bits per heavy atom. The van der Waals surface area contributed by atoms with Crippen LogP contribution in [0, 0.1) is 11.6 Å². The van der Waals surface area contributed by atoms with E-state index in [1.165, 1.54) is 29.9 Å². The summed E-state index contributed by atoms with van der Waals surface area (Å²) in [5.74, 6) is -3.40. The van der Waals surface area contributed by atoms with Gasteiger partial charge in [-0.15, -0.1) is 0 Å². The monoisotopic (exact) mass is 335 g/mol. The van der Waals surface area contributed by atoms with Crippen molar-refractivity contribution in [2.45, 2.75) is 6.54 Å². The first-order valence-electron chi connectivity index (χ1n) is 6.78. The maximum absolute atomic E-state index is 13.9. The predicted octanol–water partition coefficient (Wildman–Crippen LogP) is 1.23. The molecule has 0 bridgehead atoms. The summed E-state index contributed by atoms with van der Waals surface area (Å²) in [6, 6.07) is 4.58. The Morgan fingerprint density at radius 1 is 1.25 bits per heavy atom. The van der Waals surface area contributed by atoms with E-state index in [9.17, 15) is 23.5 Å². The SMILES string of the molecule is Cn1c(=O)ccn(Cc2cc(-c3ccc(F)c(O)c3F)on2)c1=O. The summed E-state index contributed by atoms with van der Waals surface area (Å²) in [5, 5.41) is 13.0. The van der Waals surface area contributed by atoms with Gasteiger partial charge in [-0.3, -0.25) is 13.9 Å². The van der Waals surface area contributed by atoms with Crippen LogP contribution in [0.1, 0.15) is 5.69 Å². The Kier molecular flexibility index (Phi) is 3.76. The van der Waals surface area contributed by atoms with Gasteiger partial charge in [-0.2, -0.15) is 0 Å². The zero-order valence-corrected chi connectivity index (χ0v) is 12.4. The minimum atomic E-state index is -1.17. The molecule has 0 saturated heterocycles. The van der Waals surface area contributed by atoms with Gasteiger partial charge in [0.2, 0.25) is 0 Å². The normalized spacial score (nSPS) is 11.0. The molecule has 3 aromatic rings. The van der Waals surface area contributed by atoms with Crippen molar-refractivity contribution in [2.75, 3.05) is 0 Å². The minimum Gasteiger partial charge on any atom is -0.503 e. The first-order chi connectivity index (χ1) is 11.4. The van der Waals surface area contributed by atoms with Gasteiger partial charge in [0.15, 0.2) is 23.1 Å². The van der Waals surface area contributed by atoms with Crippen LogP contribution in [0.3, 0.4) is 0 Å². The molecule has 24 heavy (non-hydrogen) atoms. The number of aromatic nitrogens is 3. The second-order valence-corrected chi connectivity index (χ2v) is 5.06. The van der Waals surface area contributed by atoms with Crippen molar-refractivity contribution in [1.82, 2.24) is 14.3 Å². The van der Waals surface area contributed by atoms with Gasteiger partial charge < -0.3 is 9.63 Å². The predicted molar refractivity (Wildman–Crippen MR) is 78.6 cm³/mol. The molecule has 0 atom stereocenters. The first-order valence-corrected chi connectivity index (χ1v) is 6.78. The topological polar surface area (TPSA) is 90.3 Å². The molecule has 0 aliphatic rings. The third kappa shape index (κ3) is 2.60. The molecule has 7 nitrogen and oxygen atoms in total. The fraction of sp³-hybridized carbons (Fsp3) is 0.133. The van der Waals surface area contributed by atoms with E-state index < -0.39 is 28.6 Å². The van der Waals surface area contributed by atoms with Gasteiger partial charge in [-0.25, -0.2) is 13.6 Å². The van der Waals surface area contributed by atoms with Crippen LogP contribution >= 0.6 is 0 Å². The van der Waals surface area contributed by atoms with Crippen LogP contribution in [0.15, 0.2) is 44.6 Å². The summed E-state index contributed by atoms with van der Waals surface area (Å²) in [6.45, 7) is -0.00868. The quantitative estimate of drug-likeness (QED) is 0.777. The summed E-state index contributed by atoms with van der Waals surface area (Å²) >= 11 is 0. The van der Waals surface area contributed by atoms with Crippen LogP contribution in [0.4, 0.5) is 8.78 Å². The lowest BCUT2D eigenvalue weighted by Gasteiger charge is -2.03. The maximum Gasteiger partial charge on any atom is 0.331 e. The zero-order chi connectivity index (χ0) is 17.4. The van der Waals surface area contributed by atoms with Gasteiger partial charge in [0.05, 0.1) is 12.1 Å². The average Bonchev–Trinajstić information content (AvgIpc) is 3.02. The van der Waals surface area contributed by atoms with Crippen LogP contribution in [0.2, 0.25) is 0 Å². The smallest absolute Gasteiger partial charge is 0.331 e. The van der Waals surface area contributed by atoms with E-state index in [2.05, 4.69) is 5.16 Å². The molecule has 0 fully saturated rings. The van der Waals surface area contributed by atoms with Crippen LogP contribution in [-0.2, 0) is 13.6 Å². The van der Waals surface area contributed by atoms with Gasteiger partial charge in [0, 0.05) is 25.4 Å². The van der Waals surface area contributed by atoms with E-state index in [0.717, 1.165) is 16.7 Å². The molecule has 0 aliphatic heterocycles. The maximum atomic E-state index is 13.9. The number of phenols is 1. The number of rotatable bonds is 3. The van der Waals surface area contributed by atoms with Crippen LogP contribution in [0.25, 0.3) is 11.3 Å². The number of nitrogens with zero attached hydrogens (tertiary/aromatic N) is 3. The molecule has 0 aliphatic carbocycles. The number of benzene rings is 1. The third-order valence-electron chi connectivity index (χ3n) is 3.48. The molecule has 124 valence electrons. The Morgan fingerprint density at radius 3 is 2.75 bits per heavy atom. The van der Waals surface area contributed by atoms with Gasteiger partial charge in [-0.1, -0.05) is 5.16 Å². The van der Waals surface area contributed by atoms with Crippen molar-refractivity contribution in [3.8, 4) is 17.1 Å². The lowest BCUT2D eigenvalue weighted by atomic mass is 10.1. The van der Waals surface area contributed by atoms with Crippen LogP contribution < -0.4 is 11.2 Å². The van der Waals surface area contributed by atoms with Gasteiger partial charge in [0.25, 0.3) is 5.56 Å². The lowest BCUT2D eigenvalue weighted by Crippen LogP contribution is -2.37. The molecule has 3 rings (SSSR count). The third-order valence-corrected chi connectivity index (χ3v) is 3.48. The second-order valence-electron chi connectivity index (χ2n) is 5.06. The van der Waals surface area contributed by atoms with Crippen molar-refractivity contribution >= 4 is 0 Å². The Labute approximate surface area is 133 Å². The Bertz CT molecular complexity index is 1040. The van der Waals surface area contributed by atoms with Crippen LogP contribution in [0.5, 0.6) is 5.75 Å². The molecule has 1 N–H and O–H groups in total. The lowest BCUT2D eigenvalue weighted by molar-refractivity contribution is 0.391. The standard InChI is InChI=1S/C15H11F2N3O4/c1-19-12(21)4-5-20(15(19)23)7-8-6-11(24-18-8)9-2-3-10(16)14(22)13(9)17/h2-6,22H,7H2,1H3. The van der Waals surface area contributed by atoms with Crippen molar-refractivity contribution in [2.24, 2.45) is 7.05 Å². The summed E-state index contributed by atoms with van der Waals surface area (Å²) < 4.78 is 34.1. The van der Waals surface area contributed by atoms with Crippen LogP contribution in [-0.4, -0.2) is 19.4 Å². The van der Waals surface area contributed by atoms with Crippen molar-refractivity contribution in [1.29, 1.82) is 0 Å². The van der Waals surface area contributed by atoms with Gasteiger partial charge >= 0.3 is 5.69 Å². The summed E-state index contributed by atoms with van der Waals surface area (Å²) in [6.07, 6.45) is 1.31. The Hall–Kier alpha value is -3.23. The summed E-state index contributed by atoms with van der Waals surface area (Å²) in [7, 11) is 1.34. The number of hydrogen-bond acceptors (Lipinski definition) is 5. The highest BCUT2D eigenvalue weighted by Gasteiger charge is 2.18. The molecular formula is C15H11F2N3O4. The van der Waals surface area contributed by atoms with Gasteiger partial charge in [0.1, 0.15) is 5.69 Å². The molecule has 0 spiro atoms. The largest absolute Gasteiger partial charge is 0.503 e. The summed E-state index contributed by atoms with van der Waals surface area (Å²) in [4.78, 5) is 23.3. The highest BCUT2D eigenvalue weighted by Crippen LogP contribution is 2.30. The molecule has 0 saturated carbocycles. The number of halogens is 2. The zero-order valence-electron chi connectivity index (χ0n) is 12.4. The van der Waals surface area contributed by atoms with Crippen molar-refractivity contribution in [3.05, 3.63) is 68.6 Å². The van der Waals surface area contributed by atoms with E-state index in [1.807, 2.05) is 0 Å². The molecule has 1 aromatic carbocycles. The highest BCUT2D eigenvalue weighted by molar-refractivity contribution is 5.61. The van der Waals surface area contributed by atoms with Crippen molar-refractivity contribution in [3.63, 3.8) is 0 Å². The molecule has 2 aromatic heterocycles. The second kappa shape index (κ2) is 5.76. The number of phenolic OH excluding ortho intramolecular Hbond substituents is 1. The number of aromatic hydroxyl groups is 1. The van der Waals surface area contributed by atoms with E-state index in [-0.39, 0.29) is 23.6 Å². The van der Waals surface area contributed by atoms with E-state index in [1.54, 1.807) is 0 Å². The first kappa shape index (κ1) is 15.7. The minimum absolute atomic E-state index is 0.00868. The van der Waals surface area contributed by atoms with E-state index in [0.29, 0.717) is 0 Å². The highest BCUT2D eigenvalue weighted by atomic mass is 19.1. The Balaban J connectivity index is 1.95. The fourth-order valence-electron chi connectivity index (χ4n) is 2.16. The van der Waals surface area contributed by atoms with Crippen molar-refractivity contribution < 1.29 is 18.4 Å². The summed E-state index contributed by atoms with van der Waals surface area (Å²) in [5.41, 5.74) is -0.868. The van der Waals surface area contributed by atoms with E-state index in [4.69, 9.17) is 4.52 Å². The average molecular weight is 335 g/mol. The van der Waals surface area contributed by atoms with Gasteiger partial charge in [-0.05, 0) is 12.1 Å². The molecular weight excluding hydrogens is 324 g/mol. The molecule has 0 amide bonds. The molecule has 9 heteroatoms. The molecule has 0 unspecified atom stereocenters.